The highest BCUT2D eigenvalue weighted by molar-refractivity contribution is 5.95. The molecule has 3 amide bonds. The monoisotopic (exact) mass is 465 g/mol. The Hall–Kier alpha value is -2.49. The molecule has 186 valence electrons. The molecule has 3 aliphatic rings. The molecule has 1 atom stereocenters. The summed E-state index contributed by atoms with van der Waals surface area (Å²) in [6.45, 7) is 11.0. The van der Waals surface area contributed by atoms with Gasteiger partial charge in [-0.25, -0.2) is 4.79 Å². The molecular formula is C23H39N5O5. The van der Waals surface area contributed by atoms with Crippen molar-refractivity contribution in [2.24, 2.45) is 0 Å². The first-order valence-corrected chi connectivity index (χ1v) is 11.9. The van der Waals surface area contributed by atoms with Crippen LogP contribution in [0.1, 0.15) is 60.3 Å². The molecule has 0 aromatic rings. The number of aliphatic hydroxyl groups is 1. The van der Waals surface area contributed by atoms with E-state index in [-0.39, 0.29) is 17.9 Å². The Labute approximate surface area is 196 Å². The van der Waals surface area contributed by atoms with Crippen LogP contribution in [0.15, 0.2) is 11.9 Å². The van der Waals surface area contributed by atoms with E-state index in [9.17, 15) is 19.5 Å². The van der Waals surface area contributed by atoms with Crippen LogP contribution in [0, 0.1) is 0 Å². The molecule has 2 saturated heterocycles. The van der Waals surface area contributed by atoms with Crippen molar-refractivity contribution in [1.82, 2.24) is 24.9 Å². The second-order valence-corrected chi connectivity index (χ2v) is 10.3. The van der Waals surface area contributed by atoms with Crippen LogP contribution in [0.2, 0.25) is 0 Å². The predicted molar refractivity (Wildman–Crippen MR) is 123 cm³/mol. The molecule has 3 heterocycles. The van der Waals surface area contributed by atoms with Crippen LogP contribution in [0.4, 0.5) is 4.79 Å². The van der Waals surface area contributed by atoms with Gasteiger partial charge in [-0.15, -0.1) is 0 Å². The van der Waals surface area contributed by atoms with Crippen LogP contribution in [-0.4, -0.2) is 99.4 Å². The molecular weight excluding hydrogens is 426 g/mol. The minimum Gasteiger partial charge on any atom is -0.444 e. The second kappa shape index (κ2) is 9.40. The summed E-state index contributed by atoms with van der Waals surface area (Å²) in [7, 11) is 1.95. The number of carbonyl (C=O) groups excluding carboxylic acids is 3. The Morgan fingerprint density at radius 2 is 1.79 bits per heavy atom. The normalized spacial score (nSPS) is 20.7. The van der Waals surface area contributed by atoms with E-state index >= 15 is 0 Å². The zero-order chi connectivity index (χ0) is 24.6. The Morgan fingerprint density at radius 3 is 2.30 bits per heavy atom. The lowest BCUT2D eigenvalue weighted by Gasteiger charge is -2.41. The average Bonchev–Trinajstić information content (AvgIpc) is 3.26. The van der Waals surface area contributed by atoms with Gasteiger partial charge in [-0.1, -0.05) is 13.8 Å². The lowest BCUT2D eigenvalue weighted by atomic mass is 9.87. The molecule has 3 aliphatic heterocycles. The van der Waals surface area contributed by atoms with Gasteiger partial charge in [0.2, 0.25) is 5.91 Å². The third-order valence-corrected chi connectivity index (χ3v) is 6.77. The van der Waals surface area contributed by atoms with E-state index in [1.54, 1.807) is 39.5 Å². The maximum absolute atomic E-state index is 13.4. The molecule has 10 nitrogen and oxygen atoms in total. The molecule has 10 heteroatoms. The average molecular weight is 466 g/mol. The third kappa shape index (κ3) is 5.37. The Morgan fingerprint density at radius 1 is 1.18 bits per heavy atom. The number of ether oxygens (including phenoxy) is 1. The van der Waals surface area contributed by atoms with Gasteiger partial charge < -0.3 is 34.8 Å². The number of rotatable bonds is 6. The van der Waals surface area contributed by atoms with Gasteiger partial charge in [-0.3, -0.25) is 9.59 Å². The zero-order valence-corrected chi connectivity index (χ0v) is 20.8. The molecule has 0 spiro atoms. The van der Waals surface area contributed by atoms with Gasteiger partial charge >= 0.3 is 6.09 Å². The SMILES string of the molecule is CCC(O)(CC)C(NC(=O)OC(C)(C)C)C(=O)N1CCC(N2CN3CN(C)C=C3C2=O)CC1. The maximum atomic E-state index is 13.4. The van der Waals surface area contributed by atoms with Gasteiger partial charge in [0.15, 0.2) is 0 Å². The van der Waals surface area contributed by atoms with Gasteiger partial charge in [0.05, 0.1) is 18.9 Å². The minimum atomic E-state index is -1.38. The summed E-state index contributed by atoms with van der Waals surface area (Å²) in [4.78, 5) is 46.3. The molecule has 0 aliphatic carbocycles. The number of nitrogens with one attached hydrogen (secondary N) is 1. The van der Waals surface area contributed by atoms with Crippen LogP contribution in [0.3, 0.4) is 0 Å². The topological polar surface area (TPSA) is 106 Å². The Balaban J connectivity index is 1.65. The van der Waals surface area contributed by atoms with E-state index in [0.29, 0.717) is 52.1 Å². The van der Waals surface area contributed by atoms with E-state index in [1.165, 1.54) is 0 Å². The number of nitrogens with zero attached hydrogens (tertiary/aromatic N) is 4. The highest BCUT2D eigenvalue weighted by Gasteiger charge is 2.45. The molecule has 0 aromatic heterocycles. The summed E-state index contributed by atoms with van der Waals surface area (Å²) in [5, 5.41) is 13.8. The Bertz CT molecular complexity index is 796. The van der Waals surface area contributed by atoms with E-state index in [0.717, 1.165) is 5.70 Å². The predicted octanol–water partition coefficient (Wildman–Crippen LogP) is 1.27. The maximum Gasteiger partial charge on any atom is 0.408 e. The van der Waals surface area contributed by atoms with Crippen molar-refractivity contribution in [2.45, 2.75) is 83.6 Å². The summed E-state index contributed by atoms with van der Waals surface area (Å²) >= 11 is 0. The van der Waals surface area contributed by atoms with E-state index in [1.807, 2.05) is 23.0 Å². The molecule has 2 fully saturated rings. The standard InChI is InChI=1S/C23H39N5O5/c1-7-23(32,8-2)18(24-21(31)33-22(3,4)5)20(30)26-11-9-16(10-12-26)28-15-27-14-25(6)13-17(27)19(28)29/h13,16,18,32H,7-12,14-15H2,1-6H3,(H,24,31). The number of hydrogen-bond acceptors (Lipinski definition) is 7. The van der Waals surface area contributed by atoms with Gasteiger partial charge in [0, 0.05) is 32.4 Å². The first kappa shape index (κ1) is 25.1. The number of fused-ring (bicyclic) bond motifs is 1. The van der Waals surface area contributed by atoms with Crippen LogP contribution in [0.5, 0.6) is 0 Å². The highest BCUT2D eigenvalue weighted by atomic mass is 16.6. The van der Waals surface area contributed by atoms with Gasteiger partial charge in [0.25, 0.3) is 5.91 Å². The third-order valence-electron chi connectivity index (χ3n) is 6.77. The van der Waals surface area contributed by atoms with E-state index < -0.39 is 23.3 Å². The van der Waals surface area contributed by atoms with Crippen molar-refractivity contribution in [2.75, 3.05) is 33.5 Å². The number of alkyl carbamates (subject to hydrolysis) is 1. The molecule has 0 radical (unpaired) electrons. The molecule has 3 rings (SSSR count). The minimum absolute atomic E-state index is 0.0416. The number of amides is 3. The molecule has 33 heavy (non-hydrogen) atoms. The largest absolute Gasteiger partial charge is 0.444 e. The fourth-order valence-electron chi connectivity index (χ4n) is 4.75. The lowest BCUT2D eigenvalue weighted by molar-refractivity contribution is -0.143. The van der Waals surface area contributed by atoms with Crippen molar-refractivity contribution in [3.8, 4) is 0 Å². The first-order chi connectivity index (χ1) is 15.4. The van der Waals surface area contributed by atoms with Crippen LogP contribution < -0.4 is 5.32 Å². The van der Waals surface area contributed by atoms with Crippen molar-refractivity contribution < 1.29 is 24.2 Å². The van der Waals surface area contributed by atoms with Gasteiger partial charge in [0.1, 0.15) is 17.3 Å². The van der Waals surface area contributed by atoms with Crippen molar-refractivity contribution in [3.05, 3.63) is 11.9 Å². The molecule has 0 saturated carbocycles. The number of hydrogen-bond donors (Lipinski definition) is 2. The number of piperidine rings is 1. The quantitative estimate of drug-likeness (QED) is 0.609. The summed E-state index contributed by atoms with van der Waals surface area (Å²) in [5.74, 6) is -0.275. The summed E-state index contributed by atoms with van der Waals surface area (Å²) < 4.78 is 5.34. The van der Waals surface area contributed by atoms with Crippen molar-refractivity contribution >= 4 is 17.9 Å². The van der Waals surface area contributed by atoms with Crippen LogP contribution in [-0.2, 0) is 14.3 Å². The van der Waals surface area contributed by atoms with E-state index in [4.69, 9.17) is 4.74 Å². The van der Waals surface area contributed by atoms with Crippen molar-refractivity contribution in [3.63, 3.8) is 0 Å². The molecule has 1 unspecified atom stereocenters. The summed E-state index contributed by atoms with van der Waals surface area (Å²) in [5.41, 5.74) is -1.36. The van der Waals surface area contributed by atoms with Crippen molar-refractivity contribution in [1.29, 1.82) is 0 Å². The fourth-order valence-corrected chi connectivity index (χ4v) is 4.75. The highest BCUT2D eigenvalue weighted by Crippen LogP contribution is 2.30. The zero-order valence-electron chi connectivity index (χ0n) is 20.8. The van der Waals surface area contributed by atoms with Crippen LogP contribution in [0.25, 0.3) is 0 Å². The number of likely N-dealkylation sites (tertiary alicyclic amines) is 1. The lowest BCUT2D eigenvalue weighted by Crippen LogP contribution is -2.62. The van der Waals surface area contributed by atoms with Gasteiger partial charge in [-0.2, -0.15) is 0 Å². The number of carbonyl (C=O) groups is 3. The molecule has 2 N–H and O–H groups in total. The van der Waals surface area contributed by atoms with Crippen LogP contribution >= 0.6 is 0 Å². The first-order valence-electron chi connectivity index (χ1n) is 11.9. The van der Waals surface area contributed by atoms with Gasteiger partial charge in [-0.05, 0) is 46.5 Å². The molecule has 0 aromatic carbocycles. The fraction of sp³-hybridized carbons (Fsp3) is 0.783. The summed E-state index contributed by atoms with van der Waals surface area (Å²) in [6.07, 6.45) is 3.10. The Kier molecular flexibility index (Phi) is 7.16. The summed E-state index contributed by atoms with van der Waals surface area (Å²) in [6, 6.07) is -1.04. The van der Waals surface area contributed by atoms with E-state index in [2.05, 4.69) is 10.2 Å². The molecule has 0 bridgehead atoms. The second-order valence-electron chi connectivity index (χ2n) is 10.3. The smallest absolute Gasteiger partial charge is 0.408 e.